The van der Waals surface area contributed by atoms with Crippen LogP contribution in [0.2, 0.25) is 5.15 Å². The largest absolute Gasteiger partial charge is 0.467 e. The number of esters is 1. The van der Waals surface area contributed by atoms with E-state index in [1.807, 2.05) is 0 Å². The topological polar surface area (TPSA) is 210 Å². The number of rotatable bonds is 11. The van der Waals surface area contributed by atoms with Crippen molar-refractivity contribution in [1.29, 1.82) is 0 Å². The molecular weight excluding hydrogens is 492 g/mol. The maximum absolute atomic E-state index is 12.2. The fraction of sp³-hybridized carbons (Fsp3) is 0.636. The van der Waals surface area contributed by atoms with Gasteiger partial charge in [-0.2, -0.15) is 0 Å². The van der Waals surface area contributed by atoms with E-state index in [4.69, 9.17) is 38.3 Å². The molecule has 1 atom stereocenters. The highest BCUT2D eigenvalue weighted by molar-refractivity contribution is 6.31. The molecule has 0 aliphatic heterocycles. The Morgan fingerprint density at radius 3 is 2.47 bits per heavy atom. The van der Waals surface area contributed by atoms with Gasteiger partial charge < -0.3 is 32.0 Å². The number of methoxy groups -OCH3 is 1. The molecule has 0 saturated heterocycles. The molecule has 1 heterocycles. The van der Waals surface area contributed by atoms with E-state index in [1.165, 1.54) is 14.0 Å². The first-order valence-electron chi connectivity index (χ1n) is 11.8. The molecule has 0 spiro atoms. The number of unbranched alkanes of at least 4 members (excludes halogenated alkanes) is 1. The SMILES string of the molecule is COC(=O)[C@H](COC1CCC(CCCCN=C(N)NC(=O)c2nc(Cl)c(N)nc2N)CC1)NC(C)=O. The summed E-state index contributed by atoms with van der Waals surface area (Å²) in [6.07, 6.45) is 6.77. The second-order valence-electron chi connectivity index (χ2n) is 8.60. The maximum Gasteiger partial charge on any atom is 0.330 e. The van der Waals surface area contributed by atoms with E-state index < -0.39 is 17.9 Å². The van der Waals surface area contributed by atoms with Gasteiger partial charge in [-0.15, -0.1) is 0 Å². The van der Waals surface area contributed by atoms with Gasteiger partial charge in [0.25, 0.3) is 5.91 Å². The van der Waals surface area contributed by atoms with Crippen molar-refractivity contribution in [1.82, 2.24) is 20.6 Å². The van der Waals surface area contributed by atoms with Crippen molar-refractivity contribution < 1.29 is 23.9 Å². The van der Waals surface area contributed by atoms with Gasteiger partial charge in [-0.3, -0.25) is 19.9 Å². The van der Waals surface area contributed by atoms with E-state index in [2.05, 4.69) is 25.6 Å². The summed E-state index contributed by atoms with van der Waals surface area (Å²) < 4.78 is 10.6. The van der Waals surface area contributed by atoms with Crippen molar-refractivity contribution in [3.63, 3.8) is 0 Å². The smallest absolute Gasteiger partial charge is 0.330 e. The standard InChI is InChI=1S/C22H35ClN8O5/c1-12(32)28-15(21(34)35-2)11-36-14-8-6-13(7-9-14)5-3-4-10-27-22(26)31-20(33)16-18(24)30-19(25)17(23)29-16/h13-15H,3-11H2,1-2H3,(H,28,32)(H4,24,25,30)(H3,26,27,31,33)/t13?,14?,15-/m0/s1. The molecule has 0 bridgehead atoms. The van der Waals surface area contributed by atoms with Gasteiger partial charge in [-0.25, -0.2) is 14.8 Å². The minimum absolute atomic E-state index is 0.0451. The fourth-order valence-electron chi connectivity index (χ4n) is 3.94. The van der Waals surface area contributed by atoms with E-state index in [0.717, 1.165) is 44.9 Å². The van der Waals surface area contributed by atoms with E-state index in [9.17, 15) is 14.4 Å². The van der Waals surface area contributed by atoms with E-state index in [-0.39, 0.29) is 47.1 Å². The lowest BCUT2D eigenvalue weighted by atomic mass is 9.84. The Labute approximate surface area is 214 Å². The number of anilines is 2. The number of nitrogens with zero attached hydrogens (tertiary/aromatic N) is 3. The quantitative estimate of drug-likeness (QED) is 0.118. The third-order valence-corrected chi connectivity index (χ3v) is 6.10. The number of nitrogens with two attached hydrogens (primary N) is 3. The van der Waals surface area contributed by atoms with Gasteiger partial charge in [0.2, 0.25) is 5.91 Å². The Kier molecular flexibility index (Phi) is 11.6. The zero-order valence-electron chi connectivity index (χ0n) is 20.6. The van der Waals surface area contributed by atoms with Gasteiger partial charge >= 0.3 is 5.97 Å². The van der Waals surface area contributed by atoms with Crippen LogP contribution in [0.25, 0.3) is 0 Å². The number of ether oxygens (including phenoxy) is 2. The number of hydrogen-bond acceptors (Lipinski definition) is 10. The van der Waals surface area contributed by atoms with Crippen molar-refractivity contribution in [2.75, 3.05) is 31.7 Å². The lowest BCUT2D eigenvalue weighted by molar-refractivity contribution is -0.147. The first kappa shape index (κ1) is 29.0. The summed E-state index contributed by atoms with van der Waals surface area (Å²) in [4.78, 5) is 47.0. The Bertz CT molecular complexity index is 953. The molecule has 0 radical (unpaired) electrons. The van der Waals surface area contributed by atoms with E-state index >= 15 is 0 Å². The Hall–Kier alpha value is -3.19. The molecule has 14 heteroatoms. The molecule has 13 nitrogen and oxygen atoms in total. The van der Waals surface area contributed by atoms with Crippen LogP contribution in [0.3, 0.4) is 0 Å². The summed E-state index contributed by atoms with van der Waals surface area (Å²) in [5, 5.41) is 4.84. The first-order chi connectivity index (χ1) is 17.1. The minimum atomic E-state index is -0.794. The van der Waals surface area contributed by atoms with Gasteiger partial charge in [0, 0.05) is 13.5 Å². The number of aliphatic imine (C=N–C) groups is 1. The highest BCUT2D eigenvalue weighted by Gasteiger charge is 2.25. The summed E-state index contributed by atoms with van der Waals surface area (Å²) in [5.74, 6) is -1.17. The van der Waals surface area contributed by atoms with Gasteiger partial charge in [0.15, 0.2) is 34.5 Å². The Morgan fingerprint density at radius 2 is 1.83 bits per heavy atom. The number of nitrogens with one attached hydrogen (secondary N) is 2. The summed E-state index contributed by atoms with van der Waals surface area (Å²) in [7, 11) is 1.28. The summed E-state index contributed by atoms with van der Waals surface area (Å²) in [6.45, 7) is 1.91. The molecule has 1 aliphatic rings. The molecule has 8 N–H and O–H groups in total. The van der Waals surface area contributed by atoms with E-state index in [1.54, 1.807) is 0 Å². The predicted octanol–water partition coefficient (Wildman–Crippen LogP) is 0.762. The van der Waals surface area contributed by atoms with Crippen LogP contribution in [0.5, 0.6) is 0 Å². The van der Waals surface area contributed by atoms with Crippen molar-refractivity contribution in [2.45, 2.75) is 64.0 Å². The Morgan fingerprint density at radius 1 is 1.14 bits per heavy atom. The normalized spacial score (nSPS) is 18.8. The monoisotopic (exact) mass is 526 g/mol. The van der Waals surface area contributed by atoms with Crippen LogP contribution in [0.15, 0.2) is 4.99 Å². The van der Waals surface area contributed by atoms with Crippen LogP contribution in [-0.4, -0.2) is 66.1 Å². The number of hydrogen-bond donors (Lipinski definition) is 5. The number of amides is 2. The highest BCUT2D eigenvalue weighted by Crippen LogP contribution is 2.30. The zero-order chi connectivity index (χ0) is 26.7. The minimum Gasteiger partial charge on any atom is -0.467 e. The molecular formula is C22H35ClN8O5. The van der Waals surface area contributed by atoms with Crippen molar-refractivity contribution in [3.05, 3.63) is 10.8 Å². The lowest BCUT2D eigenvalue weighted by Gasteiger charge is -2.29. The van der Waals surface area contributed by atoms with Crippen LogP contribution in [-0.2, 0) is 19.1 Å². The van der Waals surface area contributed by atoms with Gasteiger partial charge in [-0.1, -0.05) is 24.4 Å². The first-order valence-corrected chi connectivity index (χ1v) is 12.1. The van der Waals surface area contributed by atoms with Gasteiger partial charge in [0.1, 0.15) is 0 Å². The summed E-state index contributed by atoms with van der Waals surface area (Å²) >= 11 is 5.78. The van der Waals surface area contributed by atoms with Crippen molar-refractivity contribution in [2.24, 2.45) is 16.6 Å². The third-order valence-electron chi connectivity index (χ3n) is 5.82. The zero-order valence-corrected chi connectivity index (χ0v) is 21.3. The van der Waals surface area contributed by atoms with Gasteiger partial charge in [-0.05, 0) is 38.0 Å². The molecule has 36 heavy (non-hydrogen) atoms. The van der Waals surface area contributed by atoms with Gasteiger partial charge in [0.05, 0.1) is 19.8 Å². The summed E-state index contributed by atoms with van der Waals surface area (Å²) in [5.41, 5.74) is 16.8. The van der Waals surface area contributed by atoms with Crippen molar-refractivity contribution in [3.8, 4) is 0 Å². The lowest BCUT2D eigenvalue weighted by Crippen LogP contribution is -2.44. The number of aromatic nitrogens is 2. The molecule has 1 fully saturated rings. The van der Waals surface area contributed by atoms with Crippen LogP contribution >= 0.6 is 11.6 Å². The molecule has 1 aliphatic carbocycles. The Balaban J connectivity index is 1.64. The number of carbonyl (C=O) groups is 3. The molecule has 200 valence electrons. The predicted molar refractivity (Wildman–Crippen MR) is 135 cm³/mol. The maximum atomic E-state index is 12.2. The molecule has 0 unspecified atom stereocenters. The second-order valence-corrected chi connectivity index (χ2v) is 8.96. The van der Waals surface area contributed by atoms with Crippen LogP contribution in [0.4, 0.5) is 11.6 Å². The number of nitrogen functional groups attached to an aromatic ring is 2. The number of halogens is 1. The van der Waals surface area contributed by atoms with E-state index in [0.29, 0.717) is 12.5 Å². The number of carbonyl (C=O) groups excluding carboxylic acids is 3. The second kappa shape index (κ2) is 14.4. The molecule has 1 aromatic rings. The molecule has 1 aromatic heterocycles. The summed E-state index contributed by atoms with van der Waals surface area (Å²) in [6, 6.07) is -0.794. The highest BCUT2D eigenvalue weighted by atomic mass is 35.5. The average molecular weight is 527 g/mol. The molecule has 2 amide bonds. The third kappa shape index (κ3) is 9.46. The average Bonchev–Trinajstić information content (AvgIpc) is 2.83. The number of guanidine groups is 1. The van der Waals surface area contributed by atoms with Crippen molar-refractivity contribution >= 4 is 47.0 Å². The van der Waals surface area contributed by atoms with Crippen LogP contribution in [0, 0.1) is 5.92 Å². The molecule has 0 aromatic carbocycles. The molecule has 1 saturated carbocycles. The van der Waals surface area contributed by atoms with Crippen LogP contribution < -0.4 is 27.8 Å². The molecule has 2 rings (SSSR count). The van der Waals surface area contributed by atoms with Crippen LogP contribution in [0.1, 0.15) is 62.4 Å². The fourth-order valence-corrected chi connectivity index (χ4v) is 4.07.